The molecule has 29 heavy (non-hydrogen) atoms. The number of nitrogens with one attached hydrogen (secondary N) is 1. The Morgan fingerprint density at radius 3 is 2.45 bits per heavy atom. The molecule has 0 aliphatic carbocycles. The van der Waals surface area contributed by atoms with E-state index >= 15 is 0 Å². The highest BCUT2D eigenvalue weighted by Crippen LogP contribution is 2.22. The van der Waals surface area contributed by atoms with Crippen molar-refractivity contribution in [3.05, 3.63) is 24.3 Å². The number of hydrogen-bond acceptors (Lipinski definition) is 6. The number of benzene rings is 1. The number of piperidine rings is 1. The molecule has 8 nitrogen and oxygen atoms in total. The second-order valence-corrected chi connectivity index (χ2v) is 9.45. The number of carbonyl (C=O) groups excluding carboxylic acids is 2. The molecule has 1 aromatic rings. The number of rotatable bonds is 7. The van der Waals surface area contributed by atoms with Gasteiger partial charge in [0.25, 0.3) is 0 Å². The van der Waals surface area contributed by atoms with Crippen LogP contribution in [-0.4, -0.2) is 68.8 Å². The van der Waals surface area contributed by atoms with E-state index < -0.39 is 10.0 Å². The van der Waals surface area contributed by atoms with Crippen molar-refractivity contribution >= 4 is 27.6 Å². The monoisotopic (exact) mass is 423 g/mol. The summed E-state index contributed by atoms with van der Waals surface area (Å²) < 4.78 is 31.7. The Hall–Kier alpha value is -1.97. The zero-order chi connectivity index (χ0) is 20.9. The van der Waals surface area contributed by atoms with E-state index in [9.17, 15) is 18.0 Å². The van der Waals surface area contributed by atoms with E-state index in [1.54, 1.807) is 19.1 Å². The van der Waals surface area contributed by atoms with Crippen LogP contribution in [0.15, 0.2) is 29.2 Å². The number of sulfonamides is 1. The second-order valence-electron chi connectivity index (χ2n) is 7.51. The summed E-state index contributed by atoms with van der Waals surface area (Å²) in [6.45, 7) is 4.72. The molecular weight excluding hydrogens is 394 g/mol. The molecule has 1 aromatic carbocycles. The van der Waals surface area contributed by atoms with Gasteiger partial charge in [0.15, 0.2) is 0 Å². The van der Waals surface area contributed by atoms with E-state index in [1.165, 1.54) is 16.4 Å². The average Bonchev–Trinajstić information content (AvgIpc) is 3.24. The first kappa shape index (κ1) is 21.7. The van der Waals surface area contributed by atoms with Gasteiger partial charge in [-0.2, -0.15) is 4.31 Å². The summed E-state index contributed by atoms with van der Waals surface area (Å²) >= 11 is 0. The molecule has 1 unspecified atom stereocenters. The average molecular weight is 424 g/mol. The maximum atomic E-state index is 12.6. The predicted molar refractivity (Wildman–Crippen MR) is 109 cm³/mol. The Kier molecular flexibility index (Phi) is 7.26. The normalized spacial score (nSPS) is 21.1. The number of nitrogens with zero attached hydrogens (tertiary/aromatic N) is 2. The van der Waals surface area contributed by atoms with Crippen LogP contribution in [0.5, 0.6) is 0 Å². The quantitative estimate of drug-likeness (QED) is 0.671. The summed E-state index contributed by atoms with van der Waals surface area (Å²) in [5.41, 5.74) is 0.550. The second kappa shape index (κ2) is 9.69. The number of amides is 1. The van der Waals surface area contributed by atoms with E-state index in [1.807, 2.05) is 4.90 Å². The van der Waals surface area contributed by atoms with Crippen LogP contribution >= 0.6 is 0 Å². The number of carbonyl (C=O) groups is 2. The lowest BCUT2D eigenvalue weighted by molar-refractivity contribution is -0.150. The first-order valence-corrected chi connectivity index (χ1v) is 11.6. The third kappa shape index (κ3) is 5.55. The van der Waals surface area contributed by atoms with Gasteiger partial charge < -0.3 is 10.1 Å². The van der Waals surface area contributed by atoms with Gasteiger partial charge in [0, 0.05) is 25.3 Å². The molecule has 0 bridgehead atoms. The molecule has 0 aromatic heterocycles. The van der Waals surface area contributed by atoms with Gasteiger partial charge in [0.2, 0.25) is 15.9 Å². The van der Waals surface area contributed by atoms with Crippen molar-refractivity contribution in [1.29, 1.82) is 0 Å². The third-order valence-corrected chi connectivity index (χ3v) is 7.25. The van der Waals surface area contributed by atoms with Crippen LogP contribution in [0.3, 0.4) is 0 Å². The Morgan fingerprint density at radius 2 is 1.79 bits per heavy atom. The maximum Gasteiger partial charge on any atom is 0.310 e. The molecule has 2 saturated heterocycles. The minimum Gasteiger partial charge on any atom is -0.466 e. The van der Waals surface area contributed by atoms with E-state index in [0.29, 0.717) is 31.9 Å². The number of ether oxygens (including phenoxy) is 1. The zero-order valence-corrected chi connectivity index (χ0v) is 17.6. The molecule has 1 atom stereocenters. The van der Waals surface area contributed by atoms with Gasteiger partial charge in [-0.05, 0) is 63.4 Å². The lowest BCUT2D eigenvalue weighted by Gasteiger charge is -2.30. The number of hydrogen-bond donors (Lipinski definition) is 1. The van der Waals surface area contributed by atoms with Crippen molar-refractivity contribution in [1.82, 2.24) is 9.21 Å². The molecule has 2 heterocycles. The lowest BCUT2D eigenvalue weighted by atomic mass is 9.98. The van der Waals surface area contributed by atoms with Crippen molar-refractivity contribution in [2.45, 2.75) is 37.5 Å². The molecule has 3 rings (SSSR count). The highest BCUT2D eigenvalue weighted by atomic mass is 32.2. The van der Waals surface area contributed by atoms with Crippen LogP contribution in [0, 0.1) is 5.92 Å². The van der Waals surface area contributed by atoms with Crippen molar-refractivity contribution in [3.63, 3.8) is 0 Å². The van der Waals surface area contributed by atoms with Crippen molar-refractivity contribution in [2.75, 3.05) is 44.6 Å². The van der Waals surface area contributed by atoms with Gasteiger partial charge in [0.05, 0.1) is 24.0 Å². The molecule has 0 saturated carbocycles. The molecule has 1 N–H and O–H groups in total. The minimum atomic E-state index is -3.46. The molecule has 2 aliphatic heterocycles. The SMILES string of the molecule is CCOC(=O)C1CCCN(CC(=O)Nc2ccc(S(=O)(=O)N3CCCC3)cc2)C1. The smallest absolute Gasteiger partial charge is 0.310 e. The van der Waals surface area contributed by atoms with Gasteiger partial charge in [0.1, 0.15) is 0 Å². The number of anilines is 1. The Labute approximate surface area is 172 Å². The zero-order valence-electron chi connectivity index (χ0n) is 16.8. The van der Waals surface area contributed by atoms with E-state index in [-0.39, 0.29) is 29.2 Å². The van der Waals surface area contributed by atoms with Gasteiger partial charge in [-0.1, -0.05) is 0 Å². The Balaban J connectivity index is 1.53. The molecule has 1 amide bonds. The highest BCUT2D eigenvalue weighted by Gasteiger charge is 2.28. The third-order valence-electron chi connectivity index (χ3n) is 5.33. The highest BCUT2D eigenvalue weighted by molar-refractivity contribution is 7.89. The minimum absolute atomic E-state index is 0.184. The van der Waals surface area contributed by atoms with Crippen LogP contribution in [0.25, 0.3) is 0 Å². The molecule has 160 valence electrons. The van der Waals surface area contributed by atoms with Gasteiger partial charge in [-0.3, -0.25) is 14.5 Å². The molecule has 0 radical (unpaired) electrons. The predicted octanol–water partition coefficient (Wildman–Crippen LogP) is 1.68. The van der Waals surface area contributed by atoms with Crippen LogP contribution in [0.2, 0.25) is 0 Å². The summed E-state index contributed by atoms with van der Waals surface area (Å²) in [6.07, 6.45) is 3.41. The Bertz CT molecular complexity index is 819. The largest absolute Gasteiger partial charge is 0.466 e. The summed E-state index contributed by atoms with van der Waals surface area (Å²) in [5, 5.41) is 2.80. The molecule has 9 heteroatoms. The summed E-state index contributed by atoms with van der Waals surface area (Å²) in [4.78, 5) is 26.5. The van der Waals surface area contributed by atoms with Crippen LogP contribution in [0.4, 0.5) is 5.69 Å². The number of esters is 1. The van der Waals surface area contributed by atoms with E-state index in [4.69, 9.17) is 4.74 Å². The molecule has 2 aliphatic rings. The van der Waals surface area contributed by atoms with Gasteiger partial charge in [-0.25, -0.2) is 8.42 Å². The van der Waals surface area contributed by atoms with Crippen LogP contribution in [-0.2, 0) is 24.3 Å². The van der Waals surface area contributed by atoms with Crippen molar-refractivity contribution < 1.29 is 22.7 Å². The first-order chi connectivity index (χ1) is 13.9. The first-order valence-electron chi connectivity index (χ1n) is 10.2. The summed E-state index contributed by atoms with van der Waals surface area (Å²) in [6, 6.07) is 6.28. The van der Waals surface area contributed by atoms with E-state index in [2.05, 4.69) is 5.32 Å². The maximum absolute atomic E-state index is 12.6. The van der Waals surface area contributed by atoms with Crippen molar-refractivity contribution in [3.8, 4) is 0 Å². The fourth-order valence-corrected chi connectivity index (χ4v) is 5.36. The molecule has 0 spiro atoms. The Morgan fingerprint density at radius 1 is 1.10 bits per heavy atom. The molecule has 2 fully saturated rings. The van der Waals surface area contributed by atoms with Crippen LogP contribution < -0.4 is 5.32 Å². The van der Waals surface area contributed by atoms with Gasteiger partial charge >= 0.3 is 5.97 Å². The van der Waals surface area contributed by atoms with Crippen LogP contribution in [0.1, 0.15) is 32.6 Å². The number of likely N-dealkylation sites (tertiary alicyclic amines) is 1. The summed E-state index contributed by atoms with van der Waals surface area (Å²) in [5.74, 6) is -0.580. The van der Waals surface area contributed by atoms with E-state index in [0.717, 1.165) is 32.2 Å². The molecular formula is C20H29N3O5S. The fourth-order valence-electron chi connectivity index (χ4n) is 3.84. The topological polar surface area (TPSA) is 96.0 Å². The fraction of sp³-hybridized carbons (Fsp3) is 0.600. The standard InChI is InChI=1S/C20H29N3O5S/c1-2-28-20(25)16-6-5-11-22(14-16)15-19(24)21-17-7-9-18(10-8-17)29(26,27)23-12-3-4-13-23/h7-10,16H,2-6,11-15H2,1H3,(H,21,24). The van der Waals surface area contributed by atoms with Crippen molar-refractivity contribution in [2.24, 2.45) is 5.92 Å². The lowest BCUT2D eigenvalue weighted by Crippen LogP contribution is -2.43. The van der Waals surface area contributed by atoms with Gasteiger partial charge in [-0.15, -0.1) is 0 Å². The summed E-state index contributed by atoms with van der Waals surface area (Å²) in [7, 11) is -3.46.